The standard InChI is InChI=1S/C15H17BrN4O2/c1-7(2)20-9(4)14(8(3)19-20)18-15(21)11-5-12-10(17-11)6-13(16)22-12/h5-7,17H,1-4H3,(H,18,21). The van der Waals surface area contributed by atoms with Crippen molar-refractivity contribution >= 4 is 38.6 Å². The Hall–Kier alpha value is -2.02. The van der Waals surface area contributed by atoms with Crippen LogP contribution in [0, 0.1) is 13.8 Å². The minimum Gasteiger partial charge on any atom is -0.448 e. The first-order valence-electron chi connectivity index (χ1n) is 7.02. The molecule has 6 nitrogen and oxygen atoms in total. The highest BCUT2D eigenvalue weighted by Gasteiger charge is 2.18. The van der Waals surface area contributed by atoms with Crippen LogP contribution in [0.5, 0.6) is 0 Å². The third kappa shape index (κ3) is 2.45. The van der Waals surface area contributed by atoms with Gasteiger partial charge in [0.2, 0.25) is 0 Å². The molecule has 0 aliphatic heterocycles. The molecule has 0 unspecified atom stereocenters. The van der Waals surface area contributed by atoms with E-state index in [0.717, 1.165) is 22.6 Å². The van der Waals surface area contributed by atoms with E-state index in [1.54, 1.807) is 12.1 Å². The number of carbonyl (C=O) groups excluding carboxylic acids is 1. The summed E-state index contributed by atoms with van der Waals surface area (Å²) >= 11 is 3.26. The van der Waals surface area contributed by atoms with E-state index in [2.05, 4.69) is 45.2 Å². The van der Waals surface area contributed by atoms with Gasteiger partial charge in [-0.25, -0.2) is 0 Å². The molecule has 3 heterocycles. The fourth-order valence-corrected chi connectivity index (χ4v) is 2.94. The molecule has 3 rings (SSSR count). The number of aryl methyl sites for hydroxylation is 1. The van der Waals surface area contributed by atoms with Gasteiger partial charge in [-0.05, 0) is 43.6 Å². The molecule has 0 saturated carbocycles. The van der Waals surface area contributed by atoms with Gasteiger partial charge in [-0.3, -0.25) is 9.48 Å². The molecule has 0 aromatic carbocycles. The Kier molecular flexibility index (Phi) is 3.60. The molecular formula is C15H17BrN4O2. The second-order valence-corrected chi connectivity index (χ2v) is 6.33. The largest absolute Gasteiger partial charge is 0.448 e. The average Bonchev–Trinajstić information content (AvgIpc) is 3.04. The summed E-state index contributed by atoms with van der Waals surface area (Å²) < 4.78 is 7.96. The number of fused-ring (bicyclic) bond motifs is 1. The molecule has 116 valence electrons. The topological polar surface area (TPSA) is 75.8 Å². The van der Waals surface area contributed by atoms with Crippen LogP contribution in [0.2, 0.25) is 0 Å². The van der Waals surface area contributed by atoms with E-state index in [1.165, 1.54) is 0 Å². The van der Waals surface area contributed by atoms with E-state index in [-0.39, 0.29) is 11.9 Å². The maximum absolute atomic E-state index is 12.4. The van der Waals surface area contributed by atoms with Crippen LogP contribution >= 0.6 is 15.9 Å². The highest BCUT2D eigenvalue weighted by Crippen LogP contribution is 2.26. The lowest BCUT2D eigenvalue weighted by Crippen LogP contribution is -2.14. The van der Waals surface area contributed by atoms with Gasteiger partial charge in [0.1, 0.15) is 5.69 Å². The van der Waals surface area contributed by atoms with Gasteiger partial charge in [-0.1, -0.05) is 0 Å². The van der Waals surface area contributed by atoms with Gasteiger partial charge in [0.05, 0.1) is 22.6 Å². The van der Waals surface area contributed by atoms with Crippen LogP contribution < -0.4 is 5.32 Å². The third-order valence-corrected chi connectivity index (χ3v) is 3.96. The molecule has 3 aromatic rings. The van der Waals surface area contributed by atoms with Gasteiger partial charge >= 0.3 is 0 Å². The number of hydrogen-bond acceptors (Lipinski definition) is 3. The summed E-state index contributed by atoms with van der Waals surface area (Å²) in [6.07, 6.45) is 0. The van der Waals surface area contributed by atoms with Gasteiger partial charge in [0.25, 0.3) is 5.91 Å². The number of amides is 1. The monoisotopic (exact) mass is 364 g/mol. The fourth-order valence-electron chi connectivity index (χ4n) is 2.54. The molecule has 3 aromatic heterocycles. The highest BCUT2D eigenvalue weighted by molar-refractivity contribution is 9.10. The van der Waals surface area contributed by atoms with Gasteiger partial charge < -0.3 is 14.7 Å². The lowest BCUT2D eigenvalue weighted by Gasteiger charge is -2.09. The summed E-state index contributed by atoms with van der Waals surface area (Å²) in [4.78, 5) is 15.5. The smallest absolute Gasteiger partial charge is 0.272 e. The number of furan rings is 1. The minimum atomic E-state index is -0.211. The number of carbonyl (C=O) groups is 1. The van der Waals surface area contributed by atoms with Crippen LogP contribution in [0.3, 0.4) is 0 Å². The Balaban J connectivity index is 1.89. The predicted octanol–water partition coefficient (Wildman–Crippen LogP) is 4.17. The number of aromatic amines is 1. The molecular weight excluding hydrogens is 348 g/mol. The van der Waals surface area contributed by atoms with Crippen molar-refractivity contribution in [1.82, 2.24) is 14.8 Å². The van der Waals surface area contributed by atoms with Crippen molar-refractivity contribution in [3.05, 3.63) is 33.9 Å². The molecule has 0 radical (unpaired) electrons. The van der Waals surface area contributed by atoms with E-state index in [4.69, 9.17) is 4.42 Å². The summed E-state index contributed by atoms with van der Waals surface area (Å²) in [6, 6.07) is 3.72. The van der Waals surface area contributed by atoms with Crippen LogP contribution in [0.4, 0.5) is 5.69 Å². The Morgan fingerprint density at radius 3 is 2.73 bits per heavy atom. The fraction of sp³-hybridized carbons (Fsp3) is 0.333. The lowest BCUT2D eigenvalue weighted by atomic mass is 10.3. The first-order chi connectivity index (χ1) is 10.4. The van der Waals surface area contributed by atoms with E-state index in [0.29, 0.717) is 15.9 Å². The lowest BCUT2D eigenvalue weighted by molar-refractivity contribution is 0.102. The first-order valence-corrected chi connectivity index (χ1v) is 7.81. The van der Waals surface area contributed by atoms with Gasteiger partial charge in [0.15, 0.2) is 10.3 Å². The molecule has 1 amide bonds. The summed E-state index contributed by atoms with van der Waals surface area (Å²) in [5.74, 6) is -0.211. The quantitative estimate of drug-likeness (QED) is 0.732. The van der Waals surface area contributed by atoms with Crippen molar-refractivity contribution < 1.29 is 9.21 Å². The van der Waals surface area contributed by atoms with Gasteiger partial charge in [0, 0.05) is 18.2 Å². The van der Waals surface area contributed by atoms with Crippen molar-refractivity contribution in [3.63, 3.8) is 0 Å². The summed E-state index contributed by atoms with van der Waals surface area (Å²) in [6.45, 7) is 7.95. The zero-order chi connectivity index (χ0) is 16.0. The molecule has 0 fully saturated rings. The van der Waals surface area contributed by atoms with Crippen molar-refractivity contribution in [1.29, 1.82) is 0 Å². The Morgan fingerprint density at radius 2 is 2.14 bits per heavy atom. The highest BCUT2D eigenvalue weighted by atomic mass is 79.9. The van der Waals surface area contributed by atoms with Crippen molar-refractivity contribution in [2.75, 3.05) is 5.32 Å². The Morgan fingerprint density at radius 1 is 1.41 bits per heavy atom. The molecule has 0 aliphatic rings. The van der Waals surface area contributed by atoms with Crippen LogP contribution in [-0.4, -0.2) is 20.7 Å². The van der Waals surface area contributed by atoms with Gasteiger partial charge in [-0.2, -0.15) is 5.10 Å². The van der Waals surface area contributed by atoms with Crippen molar-refractivity contribution in [3.8, 4) is 0 Å². The molecule has 0 spiro atoms. The molecule has 0 saturated heterocycles. The summed E-state index contributed by atoms with van der Waals surface area (Å²) in [5, 5.41) is 7.40. The number of rotatable bonds is 3. The maximum atomic E-state index is 12.4. The van der Waals surface area contributed by atoms with Crippen molar-refractivity contribution in [2.45, 2.75) is 33.7 Å². The Labute approximate surface area is 136 Å². The number of aromatic nitrogens is 3. The molecule has 0 bridgehead atoms. The molecule has 7 heteroatoms. The number of halogens is 1. The maximum Gasteiger partial charge on any atom is 0.272 e. The zero-order valence-electron chi connectivity index (χ0n) is 12.8. The summed E-state index contributed by atoms with van der Waals surface area (Å²) in [7, 11) is 0. The summed E-state index contributed by atoms with van der Waals surface area (Å²) in [5.41, 5.74) is 4.38. The van der Waals surface area contributed by atoms with E-state index < -0.39 is 0 Å². The van der Waals surface area contributed by atoms with E-state index >= 15 is 0 Å². The van der Waals surface area contributed by atoms with Crippen LogP contribution in [0.25, 0.3) is 11.1 Å². The minimum absolute atomic E-state index is 0.211. The number of nitrogens with one attached hydrogen (secondary N) is 2. The average molecular weight is 365 g/mol. The Bertz CT molecular complexity index is 825. The number of H-pyrrole nitrogens is 1. The second kappa shape index (κ2) is 5.31. The molecule has 22 heavy (non-hydrogen) atoms. The van der Waals surface area contributed by atoms with Crippen LogP contribution in [0.15, 0.2) is 21.2 Å². The number of anilines is 1. The number of nitrogens with zero attached hydrogens (tertiary/aromatic N) is 2. The number of hydrogen-bond donors (Lipinski definition) is 2. The third-order valence-electron chi connectivity index (χ3n) is 3.57. The normalized spacial score (nSPS) is 11.5. The van der Waals surface area contributed by atoms with Gasteiger partial charge in [-0.15, -0.1) is 0 Å². The predicted molar refractivity (Wildman–Crippen MR) is 88.3 cm³/mol. The molecule has 0 aliphatic carbocycles. The second-order valence-electron chi connectivity index (χ2n) is 5.55. The first kappa shape index (κ1) is 14.9. The molecule has 2 N–H and O–H groups in total. The SMILES string of the molecule is Cc1nn(C(C)C)c(C)c1NC(=O)c1cc2oc(Br)cc2[nH]1. The van der Waals surface area contributed by atoms with E-state index in [1.807, 2.05) is 18.5 Å². The van der Waals surface area contributed by atoms with Crippen LogP contribution in [0.1, 0.15) is 41.8 Å². The zero-order valence-corrected chi connectivity index (χ0v) is 14.4. The van der Waals surface area contributed by atoms with Crippen molar-refractivity contribution in [2.24, 2.45) is 0 Å². The van der Waals surface area contributed by atoms with E-state index in [9.17, 15) is 4.79 Å². The molecule has 0 atom stereocenters. The van der Waals surface area contributed by atoms with Crippen LogP contribution in [-0.2, 0) is 0 Å².